The molecule has 1 fully saturated rings. The molecule has 1 aliphatic carbocycles. The van der Waals surface area contributed by atoms with Crippen LogP contribution in [0.1, 0.15) is 32.3 Å². The van der Waals surface area contributed by atoms with Gasteiger partial charge in [-0.3, -0.25) is 9.78 Å². The average molecular weight is 249 g/mol. The maximum Gasteiger partial charge on any atom is 0.146 e. The Hall–Kier alpha value is -0.830. The number of carbonyl (C=O) groups excluding carboxylic acids is 1. The number of Topliss-reactive ketones (excluding diaryl/α,β-unsaturated/α-hetero) is 1. The van der Waals surface area contributed by atoms with E-state index < -0.39 is 0 Å². The Morgan fingerprint density at radius 3 is 2.94 bits per heavy atom. The third kappa shape index (κ3) is 3.56. The minimum Gasteiger partial charge on any atom is -0.298 e. The lowest BCUT2D eigenvalue weighted by atomic mass is 10.2. The highest BCUT2D eigenvalue weighted by Gasteiger charge is 2.38. The number of ketones is 1. The minimum absolute atomic E-state index is 0.342. The van der Waals surface area contributed by atoms with Crippen molar-refractivity contribution < 1.29 is 4.79 Å². The lowest BCUT2D eigenvalue weighted by Crippen LogP contribution is -2.04. The number of rotatable bonds is 6. The van der Waals surface area contributed by atoms with Gasteiger partial charge in [0, 0.05) is 23.2 Å². The first-order valence-electron chi connectivity index (χ1n) is 6.30. The predicted octanol–water partition coefficient (Wildman–Crippen LogP) is 3.35. The maximum absolute atomic E-state index is 11.8. The summed E-state index contributed by atoms with van der Waals surface area (Å²) in [4.78, 5) is 17.1. The molecular weight excluding hydrogens is 230 g/mol. The van der Waals surface area contributed by atoms with Gasteiger partial charge in [0.25, 0.3) is 0 Å². The van der Waals surface area contributed by atoms with Crippen LogP contribution in [0.4, 0.5) is 0 Å². The number of hydrogen-bond donors (Lipinski definition) is 0. The quantitative estimate of drug-likeness (QED) is 0.724. The molecule has 2 unspecified atom stereocenters. The number of pyridine rings is 1. The van der Waals surface area contributed by atoms with Gasteiger partial charge in [-0.05, 0) is 30.4 Å². The first-order valence-corrected chi connectivity index (χ1v) is 7.28. The molecule has 0 amide bonds. The van der Waals surface area contributed by atoms with Crippen molar-refractivity contribution >= 4 is 17.5 Å². The van der Waals surface area contributed by atoms with E-state index in [1.165, 1.54) is 5.56 Å². The Morgan fingerprint density at radius 2 is 2.29 bits per heavy atom. The smallest absolute Gasteiger partial charge is 0.146 e. The number of thioether (sulfide) groups is 1. The zero-order valence-corrected chi connectivity index (χ0v) is 11.3. The Kier molecular flexibility index (Phi) is 4.21. The van der Waals surface area contributed by atoms with E-state index in [-0.39, 0.29) is 0 Å². The van der Waals surface area contributed by atoms with Gasteiger partial charge in [-0.25, -0.2) is 0 Å². The van der Waals surface area contributed by atoms with Crippen LogP contribution in [-0.4, -0.2) is 16.5 Å². The van der Waals surface area contributed by atoms with Crippen LogP contribution in [-0.2, 0) is 11.2 Å². The van der Waals surface area contributed by atoms with Gasteiger partial charge in [0.2, 0.25) is 0 Å². The number of carbonyl (C=O) groups is 1. The van der Waals surface area contributed by atoms with Crippen molar-refractivity contribution in [1.29, 1.82) is 0 Å². The van der Waals surface area contributed by atoms with Gasteiger partial charge < -0.3 is 0 Å². The van der Waals surface area contributed by atoms with Gasteiger partial charge in [0.05, 0.1) is 5.75 Å². The molecule has 2 atom stereocenters. The first-order chi connectivity index (χ1) is 8.20. The molecule has 1 aliphatic rings. The molecule has 1 saturated carbocycles. The standard InChI is InChI=1S/C14H19NOS/c1-3-4-11-6-12(8-15-7-11)17-9-14(16)13-5-10(13)2/h6-8,10,13H,3-5,9H2,1-2H3. The summed E-state index contributed by atoms with van der Waals surface area (Å²) < 4.78 is 0. The van der Waals surface area contributed by atoms with E-state index in [1.54, 1.807) is 11.8 Å². The van der Waals surface area contributed by atoms with E-state index in [1.807, 2.05) is 12.4 Å². The Morgan fingerprint density at radius 1 is 1.53 bits per heavy atom. The molecule has 3 heteroatoms. The Balaban J connectivity index is 1.85. The Labute approximate surface area is 107 Å². The highest BCUT2D eigenvalue weighted by Crippen LogP contribution is 2.39. The minimum atomic E-state index is 0.342. The molecule has 0 aromatic carbocycles. The van der Waals surface area contributed by atoms with Crippen LogP contribution in [0.25, 0.3) is 0 Å². The normalized spacial score (nSPS) is 22.5. The topological polar surface area (TPSA) is 30.0 Å². The molecule has 17 heavy (non-hydrogen) atoms. The summed E-state index contributed by atoms with van der Waals surface area (Å²) in [5, 5.41) is 0. The molecule has 0 radical (unpaired) electrons. The molecule has 0 bridgehead atoms. The fourth-order valence-corrected chi connectivity index (χ4v) is 2.89. The van der Waals surface area contributed by atoms with Crippen LogP contribution in [0.2, 0.25) is 0 Å². The second kappa shape index (κ2) is 5.67. The number of nitrogens with zero attached hydrogens (tertiary/aromatic N) is 1. The fraction of sp³-hybridized carbons (Fsp3) is 0.571. The van der Waals surface area contributed by atoms with Gasteiger partial charge in [-0.2, -0.15) is 0 Å². The van der Waals surface area contributed by atoms with Crippen molar-refractivity contribution in [1.82, 2.24) is 4.98 Å². The van der Waals surface area contributed by atoms with Crippen LogP contribution in [0.5, 0.6) is 0 Å². The fourth-order valence-electron chi connectivity index (χ4n) is 2.00. The Bertz CT molecular complexity index is 405. The van der Waals surface area contributed by atoms with Crippen LogP contribution < -0.4 is 0 Å². The van der Waals surface area contributed by atoms with E-state index in [4.69, 9.17) is 0 Å². The summed E-state index contributed by atoms with van der Waals surface area (Å²) >= 11 is 1.63. The van der Waals surface area contributed by atoms with E-state index >= 15 is 0 Å². The van der Waals surface area contributed by atoms with Crippen molar-refractivity contribution in [2.45, 2.75) is 38.0 Å². The summed E-state index contributed by atoms with van der Waals surface area (Å²) in [5.74, 6) is 1.97. The molecule has 1 aromatic heterocycles. The van der Waals surface area contributed by atoms with Crippen molar-refractivity contribution in [2.24, 2.45) is 11.8 Å². The third-order valence-electron chi connectivity index (χ3n) is 3.21. The first kappa shape index (κ1) is 12.6. The van der Waals surface area contributed by atoms with Crippen LogP contribution in [0.3, 0.4) is 0 Å². The van der Waals surface area contributed by atoms with Crippen molar-refractivity contribution in [3.8, 4) is 0 Å². The molecule has 1 heterocycles. The molecule has 92 valence electrons. The molecule has 2 rings (SSSR count). The van der Waals surface area contributed by atoms with Crippen molar-refractivity contribution in [3.05, 3.63) is 24.0 Å². The lowest BCUT2D eigenvalue weighted by Gasteiger charge is -2.03. The second-order valence-corrected chi connectivity index (χ2v) is 5.90. The molecule has 0 aliphatic heterocycles. The molecular formula is C14H19NOS. The van der Waals surface area contributed by atoms with Crippen LogP contribution >= 0.6 is 11.8 Å². The summed E-state index contributed by atoms with van der Waals surface area (Å²) in [6, 6.07) is 2.16. The van der Waals surface area contributed by atoms with E-state index in [2.05, 4.69) is 24.9 Å². The van der Waals surface area contributed by atoms with Gasteiger partial charge in [-0.1, -0.05) is 20.3 Å². The molecule has 0 spiro atoms. The summed E-state index contributed by atoms with van der Waals surface area (Å²) in [5.41, 5.74) is 1.27. The molecule has 0 saturated heterocycles. The second-order valence-electron chi connectivity index (χ2n) is 4.85. The number of aromatic nitrogens is 1. The van der Waals surface area contributed by atoms with Crippen molar-refractivity contribution in [2.75, 3.05) is 5.75 Å². The van der Waals surface area contributed by atoms with E-state index in [0.717, 1.165) is 24.2 Å². The lowest BCUT2D eigenvalue weighted by molar-refractivity contribution is -0.118. The largest absolute Gasteiger partial charge is 0.298 e. The highest BCUT2D eigenvalue weighted by molar-refractivity contribution is 8.00. The number of aryl methyl sites for hydroxylation is 1. The monoisotopic (exact) mass is 249 g/mol. The maximum atomic E-state index is 11.8. The van der Waals surface area contributed by atoms with E-state index in [0.29, 0.717) is 23.4 Å². The predicted molar refractivity (Wildman–Crippen MR) is 71.2 cm³/mol. The zero-order chi connectivity index (χ0) is 12.3. The molecule has 1 aromatic rings. The highest BCUT2D eigenvalue weighted by atomic mass is 32.2. The van der Waals surface area contributed by atoms with Gasteiger partial charge in [0.1, 0.15) is 5.78 Å². The van der Waals surface area contributed by atoms with Crippen LogP contribution in [0, 0.1) is 11.8 Å². The van der Waals surface area contributed by atoms with E-state index in [9.17, 15) is 4.79 Å². The van der Waals surface area contributed by atoms with Gasteiger partial charge >= 0.3 is 0 Å². The average Bonchev–Trinajstić information content (AvgIpc) is 3.04. The zero-order valence-electron chi connectivity index (χ0n) is 10.5. The summed E-state index contributed by atoms with van der Waals surface area (Å²) in [6.07, 6.45) is 7.06. The summed E-state index contributed by atoms with van der Waals surface area (Å²) in [6.45, 7) is 4.31. The molecule has 2 nitrogen and oxygen atoms in total. The van der Waals surface area contributed by atoms with Gasteiger partial charge in [-0.15, -0.1) is 11.8 Å². The molecule has 0 N–H and O–H groups in total. The SMILES string of the molecule is CCCc1cncc(SCC(=O)C2CC2C)c1. The van der Waals surface area contributed by atoms with Crippen molar-refractivity contribution in [3.63, 3.8) is 0 Å². The van der Waals surface area contributed by atoms with Gasteiger partial charge in [0.15, 0.2) is 0 Å². The summed E-state index contributed by atoms with van der Waals surface area (Å²) in [7, 11) is 0. The van der Waals surface area contributed by atoms with Crippen LogP contribution in [0.15, 0.2) is 23.4 Å². The number of hydrogen-bond acceptors (Lipinski definition) is 3. The third-order valence-corrected chi connectivity index (χ3v) is 4.20.